The molecule has 1 aromatic carbocycles. The van der Waals surface area contributed by atoms with E-state index in [-0.39, 0.29) is 0 Å². The highest BCUT2D eigenvalue weighted by atomic mass is 16.5. The smallest absolute Gasteiger partial charge is 0.173 e. The van der Waals surface area contributed by atoms with Gasteiger partial charge in [0, 0.05) is 5.56 Å². The summed E-state index contributed by atoms with van der Waals surface area (Å²) in [5, 5.41) is 0. The van der Waals surface area contributed by atoms with E-state index >= 15 is 0 Å². The van der Waals surface area contributed by atoms with Crippen molar-refractivity contribution in [2.75, 3.05) is 7.11 Å². The van der Waals surface area contributed by atoms with E-state index in [1.165, 1.54) is 12.7 Å². The zero-order valence-corrected chi connectivity index (χ0v) is 9.45. The fraction of sp³-hybridized carbons (Fsp3) is 0.167. The molecule has 0 fully saturated rings. The Labute approximate surface area is 99.3 Å². The van der Waals surface area contributed by atoms with Crippen molar-refractivity contribution >= 4 is 6.21 Å². The first kappa shape index (κ1) is 11.2. The number of nitrogens with zero attached hydrogens (tertiary/aromatic N) is 4. The number of para-hydroxylation sites is 1. The van der Waals surface area contributed by atoms with E-state index in [0.717, 1.165) is 11.3 Å². The van der Waals surface area contributed by atoms with Crippen molar-refractivity contribution in [3.63, 3.8) is 0 Å². The molecule has 1 heterocycles. The van der Waals surface area contributed by atoms with E-state index in [1.54, 1.807) is 13.3 Å². The topological polar surface area (TPSA) is 60.3 Å². The number of ether oxygens (including phenoxy) is 1. The summed E-state index contributed by atoms with van der Waals surface area (Å²) in [4.78, 5) is 15.9. The van der Waals surface area contributed by atoms with Gasteiger partial charge in [-0.25, -0.2) is 15.0 Å². The number of benzene rings is 1. The van der Waals surface area contributed by atoms with Gasteiger partial charge in [0.05, 0.1) is 19.9 Å². The van der Waals surface area contributed by atoms with Gasteiger partial charge in [-0.15, -0.1) is 0 Å². The highest BCUT2D eigenvalue weighted by Crippen LogP contribution is 2.17. The molecule has 0 aliphatic carbocycles. The van der Waals surface area contributed by atoms with Gasteiger partial charge in [0.25, 0.3) is 0 Å². The van der Waals surface area contributed by atoms with Crippen molar-refractivity contribution in [1.82, 2.24) is 15.0 Å². The highest BCUT2D eigenvalue weighted by molar-refractivity contribution is 5.73. The molecule has 2 rings (SSSR count). The lowest BCUT2D eigenvalue weighted by Crippen LogP contribution is -1.94. The maximum Gasteiger partial charge on any atom is 0.173 e. The molecular weight excluding hydrogens is 216 g/mol. The molecule has 5 nitrogen and oxygen atoms in total. The van der Waals surface area contributed by atoms with Gasteiger partial charge >= 0.3 is 0 Å². The zero-order valence-electron chi connectivity index (χ0n) is 9.45. The Morgan fingerprint density at radius 1 is 1.24 bits per heavy atom. The Bertz CT molecular complexity index is 499. The zero-order chi connectivity index (χ0) is 11.9. The summed E-state index contributed by atoms with van der Waals surface area (Å²) in [5.41, 5.74) is 1.03. The van der Waals surface area contributed by atoms with E-state index in [1.807, 2.05) is 24.3 Å². The van der Waals surface area contributed by atoms with Crippen LogP contribution in [-0.2, 0) is 6.54 Å². The number of aliphatic imine (C=N–C) groups is 1. The number of hydrogen-bond donors (Lipinski definition) is 0. The van der Waals surface area contributed by atoms with Crippen LogP contribution in [0.25, 0.3) is 0 Å². The summed E-state index contributed by atoms with van der Waals surface area (Å²) in [6, 6.07) is 7.77. The van der Waals surface area contributed by atoms with Crippen molar-refractivity contribution in [3.05, 3.63) is 48.3 Å². The van der Waals surface area contributed by atoms with Crippen molar-refractivity contribution in [3.8, 4) is 5.75 Å². The molecule has 2 aromatic rings. The van der Waals surface area contributed by atoms with E-state index < -0.39 is 0 Å². The Morgan fingerprint density at radius 3 is 2.76 bits per heavy atom. The SMILES string of the molecule is COc1ccccc1CN=Cc1ncncn1. The first-order valence-corrected chi connectivity index (χ1v) is 5.14. The van der Waals surface area contributed by atoms with Crippen LogP contribution in [0.5, 0.6) is 5.75 Å². The Hall–Kier alpha value is -2.30. The third-order valence-corrected chi connectivity index (χ3v) is 2.17. The molecule has 0 amide bonds. The first-order chi connectivity index (χ1) is 8.40. The minimum atomic E-state index is 0.537. The molecule has 0 aliphatic heterocycles. The van der Waals surface area contributed by atoms with Gasteiger partial charge in [-0.3, -0.25) is 4.99 Å². The maximum absolute atomic E-state index is 5.23. The van der Waals surface area contributed by atoms with Crippen molar-refractivity contribution in [2.45, 2.75) is 6.54 Å². The quantitative estimate of drug-likeness (QED) is 0.744. The van der Waals surface area contributed by atoms with Crippen LogP contribution in [0.4, 0.5) is 0 Å². The third kappa shape index (κ3) is 3.07. The molecule has 0 atom stereocenters. The van der Waals surface area contributed by atoms with E-state index in [4.69, 9.17) is 4.74 Å². The van der Waals surface area contributed by atoms with Crippen LogP contribution in [0.3, 0.4) is 0 Å². The maximum atomic E-state index is 5.23. The molecule has 0 unspecified atom stereocenters. The molecule has 0 N–H and O–H groups in total. The number of methoxy groups -OCH3 is 1. The predicted molar refractivity (Wildman–Crippen MR) is 64.1 cm³/mol. The molecule has 5 heteroatoms. The van der Waals surface area contributed by atoms with Crippen LogP contribution in [0.2, 0.25) is 0 Å². The molecule has 0 saturated carbocycles. The van der Waals surface area contributed by atoms with Crippen LogP contribution in [0.1, 0.15) is 11.4 Å². The molecular formula is C12H12N4O. The van der Waals surface area contributed by atoms with E-state index in [2.05, 4.69) is 19.9 Å². The van der Waals surface area contributed by atoms with Gasteiger partial charge in [-0.05, 0) is 6.07 Å². The number of hydrogen-bond acceptors (Lipinski definition) is 5. The average Bonchev–Trinajstić information content (AvgIpc) is 2.40. The number of rotatable bonds is 4. The fourth-order valence-corrected chi connectivity index (χ4v) is 1.37. The second-order valence-corrected chi connectivity index (χ2v) is 3.28. The van der Waals surface area contributed by atoms with Gasteiger partial charge in [0.15, 0.2) is 5.82 Å². The summed E-state index contributed by atoms with van der Waals surface area (Å²) in [7, 11) is 1.65. The molecule has 86 valence electrons. The van der Waals surface area contributed by atoms with Crippen molar-refractivity contribution in [2.24, 2.45) is 4.99 Å². The van der Waals surface area contributed by atoms with Crippen LogP contribution < -0.4 is 4.74 Å². The largest absolute Gasteiger partial charge is 0.496 e. The predicted octanol–water partition coefficient (Wildman–Crippen LogP) is 1.50. The van der Waals surface area contributed by atoms with Crippen LogP contribution in [-0.4, -0.2) is 28.3 Å². The van der Waals surface area contributed by atoms with Crippen molar-refractivity contribution in [1.29, 1.82) is 0 Å². The summed E-state index contributed by atoms with van der Waals surface area (Å²) in [5.74, 6) is 1.38. The minimum absolute atomic E-state index is 0.537. The molecule has 0 saturated heterocycles. The lowest BCUT2D eigenvalue weighted by Gasteiger charge is -2.04. The summed E-state index contributed by atoms with van der Waals surface area (Å²) >= 11 is 0. The summed E-state index contributed by atoms with van der Waals surface area (Å²) in [6.45, 7) is 0.537. The second-order valence-electron chi connectivity index (χ2n) is 3.28. The van der Waals surface area contributed by atoms with Gasteiger partial charge in [0.2, 0.25) is 0 Å². The average molecular weight is 228 g/mol. The van der Waals surface area contributed by atoms with Crippen LogP contribution >= 0.6 is 0 Å². The Balaban J connectivity index is 2.05. The second kappa shape index (κ2) is 5.69. The van der Waals surface area contributed by atoms with Crippen molar-refractivity contribution < 1.29 is 4.74 Å². The van der Waals surface area contributed by atoms with Gasteiger partial charge in [-0.1, -0.05) is 18.2 Å². The Kier molecular flexibility index (Phi) is 3.75. The van der Waals surface area contributed by atoms with Crippen LogP contribution in [0.15, 0.2) is 41.9 Å². The molecule has 17 heavy (non-hydrogen) atoms. The van der Waals surface area contributed by atoms with Gasteiger partial charge in [0.1, 0.15) is 18.4 Å². The molecule has 0 aliphatic rings. The first-order valence-electron chi connectivity index (χ1n) is 5.14. The molecule has 0 spiro atoms. The third-order valence-electron chi connectivity index (χ3n) is 2.17. The molecule has 0 radical (unpaired) electrons. The van der Waals surface area contributed by atoms with Gasteiger partial charge in [-0.2, -0.15) is 0 Å². The normalized spacial score (nSPS) is 10.6. The Morgan fingerprint density at radius 2 is 2.00 bits per heavy atom. The fourth-order valence-electron chi connectivity index (χ4n) is 1.37. The highest BCUT2D eigenvalue weighted by Gasteiger charge is 1.99. The van der Waals surface area contributed by atoms with E-state index in [0.29, 0.717) is 12.4 Å². The number of aromatic nitrogens is 3. The van der Waals surface area contributed by atoms with E-state index in [9.17, 15) is 0 Å². The van der Waals surface area contributed by atoms with Gasteiger partial charge < -0.3 is 4.74 Å². The standard InChI is InChI=1S/C12H12N4O/c1-17-11-5-3-2-4-10(11)6-13-7-12-15-8-14-9-16-12/h2-5,7-9H,6H2,1H3. The summed E-state index contributed by atoms with van der Waals surface area (Å²) < 4.78 is 5.23. The molecule has 1 aromatic heterocycles. The summed E-state index contributed by atoms with van der Waals surface area (Å²) in [6.07, 6.45) is 4.50. The monoisotopic (exact) mass is 228 g/mol. The van der Waals surface area contributed by atoms with Crippen LogP contribution in [0, 0.1) is 0 Å². The lowest BCUT2D eigenvalue weighted by molar-refractivity contribution is 0.410. The molecule has 0 bridgehead atoms. The lowest BCUT2D eigenvalue weighted by atomic mass is 10.2. The minimum Gasteiger partial charge on any atom is -0.496 e.